The quantitative estimate of drug-likeness (QED) is 0.846. The summed E-state index contributed by atoms with van der Waals surface area (Å²) in [5.74, 6) is 0.878. The predicted molar refractivity (Wildman–Crippen MR) is 76.6 cm³/mol. The lowest BCUT2D eigenvalue weighted by Crippen LogP contribution is -2.30. The Morgan fingerprint density at radius 3 is 2.41 bits per heavy atom. The average molecular weight is 300 g/mol. The molecule has 0 radical (unpaired) electrons. The van der Waals surface area contributed by atoms with E-state index in [4.69, 9.17) is 4.74 Å². The topological polar surface area (TPSA) is 21.3 Å². The molecule has 1 atom stereocenters. The van der Waals surface area contributed by atoms with E-state index in [0.29, 0.717) is 12.1 Å². The minimum atomic E-state index is 0.363. The van der Waals surface area contributed by atoms with E-state index in [9.17, 15) is 0 Å². The molecule has 1 aromatic rings. The van der Waals surface area contributed by atoms with Gasteiger partial charge in [0.1, 0.15) is 5.75 Å². The van der Waals surface area contributed by atoms with Gasteiger partial charge in [0.15, 0.2) is 0 Å². The summed E-state index contributed by atoms with van der Waals surface area (Å²) in [5.41, 5.74) is 1.28. The lowest BCUT2D eigenvalue weighted by atomic mass is 10.1. The molecule has 1 aromatic carbocycles. The molecule has 1 unspecified atom stereocenters. The number of methoxy groups -OCH3 is 1. The van der Waals surface area contributed by atoms with Crippen LogP contribution in [0, 0.1) is 0 Å². The number of nitrogens with one attached hydrogen (secondary N) is 1. The Kier molecular flexibility index (Phi) is 6.00. The predicted octanol–water partition coefficient (Wildman–Crippen LogP) is 4.30. The highest BCUT2D eigenvalue weighted by atomic mass is 79.9. The van der Waals surface area contributed by atoms with Crippen LogP contribution < -0.4 is 10.1 Å². The standard InChI is InChI=1S/C14H22BrNO/c1-5-12(6-2)16-10(3)11-7-8-14(17-4)13(15)9-11/h7-10,12,16H,5-6H2,1-4H3. The SMILES string of the molecule is CCC(CC)NC(C)c1ccc(OC)c(Br)c1. The molecule has 0 fully saturated rings. The van der Waals surface area contributed by atoms with Crippen molar-refractivity contribution in [1.82, 2.24) is 5.32 Å². The van der Waals surface area contributed by atoms with Gasteiger partial charge in [-0.1, -0.05) is 19.9 Å². The molecule has 1 N–H and O–H groups in total. The van der Waals surface area contributed by atoms with Gasteiger partial charge in [-0.25, -0.2) is 0 Å². The summed E-state index contributed by atoms with van der Waals surface area (Å²) in [7, 11) is 1.69. The van der Waals surface area contributed by atoms with Gasteiger partial charge in [-0.15, -0.1) is 0 Å². The van der Waals surface area contributed by atoms with Crippen molar-refractivity contribution < 1.29 is 4.74 Å². The van der Waals surface area contributed by atoms with Crippen LogP contribution in [0.2, 0.25) is 0 Å². The van der Waals surface area contributed by atoms with Crippen molar-refractivity contribution >= 4 is 15.9 Å². The molecule has 0 saturated carbocycles. The maximum absolute atomic E-state index is 5.24. The zero-order chi connectivity index (χ0) is 12.8. The highest BCUT2D eigenvalue weighted by Gasteiger charge is 2.11. The Labute approximate surface area is 113 Å². The van der Waals surface area contributed by atoms with Crippen molar-refractivity contribution in [3.8, 4) is 5.75 Å². The third kappa shape index (κ3) is 4.00. The van der Waals surface area contributed by atoms with Gasteiger partial charge in [-0.2, -0.15) is 0 Å². The summed E-state index contributed by atoms with van der Waals surface area (Å²) in [5, 5.41) is 3.64. The molecule has 0 amide bonds. The van der Waals surface area contributed by atoms with E-state index in [2.05, 4.69) is 54.2 Å². The van der Waals surface area contributed by atoms with Crippen LogP contribution in [0.4, 0.5) is 0 Å². The Hall–Kier alpha value is -0.540. The third-order valence-electron chi connectivity index (χ3n) is 3.15. The molecule has 0 aromatic heterocycles. The first-order valence-corrected chi connectivity index (χ1v) is 7.01. The van der Waals surface area contributed by atoms with E-state index in [1.807, 2.05) is 6.07 Å². The molecular formula is C14H22BrNO. The van der Waals surface area contributed by atoms with E-state index in [1.165, 1.54) is 5.56 Å². The fourth-order valence-electron chi connectivity index (χ4n) is 1.93. The van der Waals surface area contributed by atoms with Gasteiger partial charge in [-0.3, -0.25) is 0 Å². The summed E-state index contributed by atoms with van der Waals surface area (Å²) >= 11 is 3.52. The number of ether oxygens (including phenoxy) is 1. The molecule has 3 heteroatoms. The molecule has 0 saturated heterocycles. The summed E-state index contributed by atoms with van der Waals surface area (Å²) in [4.78, 5) is 0. The van der Waals surface area contributed by atoms with Gasteiger partial charge in [0.25, 0.3) is 0 Å². The number of hydrogen-bond donors (Lipinski definition) is 1. The third-order valence-corrected chi connectivity index (χ3v) is 3.77. The summed E-state index contributed by atoms with van der Waals surface area (Å²) in [6.07, 6.45) is 2.33. The molecule has 0 spiro atoms. The van der Waals surface area contributed by atoms with Crippen LogP contribution in [0.15, 0.2) is 22.7 Å². The smallest absolute Gasteiger partial charge is 0.133 e. The fourth-order valence-corrected chi connectivity index (χ4v) is 2.48. The molecule has 0 aliphatic carbocycles. The molecule has 0 heterocycles. The maximum atomic E-state index is 5.24. The zero-order valence-electron chi connectivity index (χ0n) is 11.1. The number of rotatable bonds is 6. The first-order chi connectivity index (χ1) is 8.12. The number of benzene rings is 1. The number of hydrogen-bond acceptors (Lipinski definition) is 2. The van der Waals surface area contributed by atoms with Crippen molar-refractivity contribution in [2.45, 2.75) is 45.7 Å². The van der Waals surface area contributed by atoms with Crippen molar-refractivity contribution in [2.75, 3.05) is 7.11 Å². The molecule has 0 aliphatic heterocycles. The number of halogens is 1. The molecule has 17 heavy (non-hydrogen) atoms. The Morgan fingerprint density at radius 1 is 1.29 bits per heavy atom. The first-order valence-electron chi connectivity index (χ1n) is 6.21. The maximum Gasteiger partial charge on any atom is 0.133 e. The van der Waals surface area contributed by atoms with Crippen molar-refractivity contribution in [3.05, 3.63) is 28.2 Å². The summed E-state index contributed by atoms with van der Waals surface area (Å²) < 4.78 is 6.25. The summed E-state index contributed by atoms with van der Waals surface area (Å²) in [6.45, 7) is 6.64. The lowest BCUT2D eigenvalue weighted by Gasteiger charge is -2.22. The van der Waals surface area contributed by atoms with E-state index in [0.717, 1.165) is 23.1 Å². The summed E-state index contributed by atoms with van der Waals surface area (Å²) in [6, 6.07) is 7.19. The van der Waals surface area contributed by atoms with Crippen LogP contribution in [-0.2, 0) is 0 Å². The van der Waals surface area contributed by atoms with Crippen LogP contribution in [0.5, 0.6) is 5.75 Å². The highest BCUT2D eigenvalue weighted by Crippen LogP contribution is 2.28. The minimum absolute atomic E-state index is 0.363. The van der Waals surface area contributed by atoms with Crippen LogP contribution in [0.1, 0.15) is 45.2 Å². The minimum Gasteiger partial charge on any atom is -0.496 e. The van der Waals surface area contributed by atoms with Gasteiger partial charge < -0.3 is 10.1 Å². The van der Waals surface area contributed by atoms with Gasteiger partial charge in [0.2, 0.25) is 0 Å². The van der Waals surface area contributed by atoms with Crippen molar-refractivity contribution in [1.29, 1.82) is 0 Å². The van der Waals surface area contributed by atoms with E-state index in [1.54, 1.807) is 7.11 Å². The molecule has 0 bridgehead atoms. The van der Waals surface area contributed by atoms with Gasteiger partial charge in [-0.05, 0) is 53.4 Å². The van der Waals surface area contributed by atoms with Gasteiger partial charge in [0, 0.05) is 12.1 Å². The largest absolute Gasteiger partial charge is 0.496 e. The second kappa shape index (κ2) is 7.02. The first kappa shape index (κ1) is 14.5. The van der Waals surface area contributed by atoms with Crippen LogP contribution in [0.25, 0.3) is 0 Å². The zero-order valence-corrected chi connectivity index (χ0v) is 12.7. The fraction of sp³-hybridized carbons (Fsp3) is 0.571. The van der Waals surface area contributed by atoms with E-state index < -0.39 is 0 Å². The van der Waals surface area contributed by atoms with Crippen LogP contribution in [0.3, 0.4) is 0 Å². The normalized spacial score (nSPS) is 12.8. The lowest BCUT2D eigenvalue weighted by molar-refractivity contribution is 0.410. The van der Waals surface area contributed by atoms with Crippen LogP contribution in [-0.4, -0.2) is 13.2 Å². The second-order valence-corrected chi connectivity index (χ2v) is 5.15. The van der Waals surface area contributed by atoms with Crippen LogP contribution >= 0.6 is 15.9 Å². The monoisotopic (exact) mass is 299 g/mol. The molecule has 0 aliphatic rings. The Morgan fingerprint density at radius 2 is 1.94 bits per heavy atom. The molecule has 96 valence electrons. The van der Waals surface area contributed by atoms with E-state index >= 15 is 0 Å². The Balaban J connectivity index is 2.75. The second-order valence-electron chi connectivity index (χ2n) is 4.30. The van der Waals surface area contributed by atoms with E-state index in [-0.39, 0.29) is 0 Å². The van der Waals surface area contributed by atoms with Crippen molar-refractivity contribution in [3.63, 3.8) is 0 Å². The molecular weight excluding hydrogens is 278 g/mol. The van der Waals surface area contributed by atoms with Crippen molar-refractivity contribution in [2.24, 2.45) is 0 Å². The van der Waals surface area contributed by atoms with Gasteiger partial charge in [0.05, 0.1) is 11.6 Å². The average Bonchev–Trinajstić information content (AvgIpc) is 2.35. The molecule has 1 rings (SSSR count). The Bertz CT molecular complexity index is 350. The molecule has 2 nitrogen and oxygen atoms in total. The van der Waals surface area contributed by atoms with Gasteiger partial charge >= 0.3 is 0 Å². The highest BCUT2D eigenvalue weighted by molar-refractivity contribution is 9.10.